The van der Waals surface area contributed by atoms with Crippen LogP contribution in [0.3, 0.4) is 0 Å². The second-order valence-corrected chi connectivity index (χ2v) is 6.92. The second kappa shape index (κ2) is 9.56. The van der Waals surface area contributed by atoms with Gasteiger partial charge in [-0.3, -0.25) is 25.8 Å². The van der Waals surface area contributed by atoms with Crippen LogP contribution >= 0.6 is 11.6 Å². The molecule has 0 saturated carbocycles. The first-order valence-corrected chi connectivity index (χ1v) is 9.43. The third kappa shape index (κ3) is 5.88. The molecule has 0 spiro atoms. The minimum absolute atomic E-state index is 0.0407. The number of nitro groups is 1. The normalized spacial score (nSPS) is 11.0. The molecule has 0 aliphatic rings. The van der Waals surface area contributed by atoms with E-state index in [9.17, 15) is 28.1 Å². The van der Waals surface area contributed by atoms with Gasteiger partial charge in [-0.15, -0.1) is 0 Å². The Hall–Kier alpha value is -3.79. The number of ether oxygens (including phenoxy) is 1. The summed E-state index contributed by atoms with van der Waals surface area (Å²) in [5.41, 5.74) is 4.22. The van der Waals surface area contributed by atoms with Crippen LogP contribution in [-0.2, 0) is 17.4 Å². The quantitative estimate of drug-likeness (QED) is 0.342. The molecule has 166 valence electrons. The van der Waals surface area contributed by atoms with E-state index in [-0.39, 0.29) is 34.3 Å². The van der Waals surface area contributed by atoms with Crippen molar-refractivity contribution in [2.24, 2.45) is 0 Å². The first-order valence-electron chi connectivity index (χ1n) is 9.05. The Morgan fingerprint density at radius 1 is 1.06 bits per heavy atom. The first kappa shape index (κ1) is 22.9. The SMILES string of the molecule is O=C(Cc1ccccc1)NNc1cc(Oc2ccc(C(F)(F)F)cc2Cl)ccc1[N+](=O)[O-]. The number of anilines is 1. The fourth-order valence-electron chi connectivity index (χ4n) is 2.69. The maximum Gasteiger partial charge on any atom is 0.416 e. The molecule has 3 rings (SSSR count). The van der Waals surface area contributed by atoms with Crippen molar-refractivity contribution in [1.82, 2.24) is 5.43 Å². The van der Waals surface area contributed by atoms with E-state index in [4.69, 9.17) is 16.3 Å². The Kier molecular flexibility index (Phi) is 6.84. The highest BCUT2D eigenvalue weighted by Crippen LogP contribution is 2.37. The molecule has 0 heterocycles. The van der Waals surface area contributed by atoms with Gasteiger partial charge in [0.25, 0.3) is 5.69 Å². The van der Waals surface area contributed by atoms with Crippen molar-refractivity contribution < 1.29 is 27.6 Å². The summed E-state index contributed by atoms with van der Waals surface area (Å²) in [4.78, 5) is 22.7. The summed E-state index contributed by atoms with van der Waals surface area (Å²) in [5, 5.41) is 11.0. The molecule has 1 amide bonds. The van der Waals surface area contributed by atoms with Gasteiger partial charge >= 0.3 is 6.18 Å². The zero-order valence-corrected chi connectivity index (χ0v) is 16.9. The van der Waals surface area contributed by atoms with Crippen molar-refractivity contribution >= 4 is 28.9 Å². The van der Waals surface area contributed by atoms with Crippen LogP contribution in [0.2, 0.25) is 5.02 Å². The van der Waals surface area contributed by atoms with Gasteiger partial charge in [0.2, 0.25) is 5.91 Å². The third-order valence-electron chi connectivity index (χ3n) is 4.20. The third-order valence-corrected chi connectivity index (χ3v) is 4.49. The van der Waals surface area contributed by atoms with E-state index >= 15 is 0 Å². The number of nitrogens with one attached hydrogen (secondary N) is 2. The average molecular weight is 466 g/mol. The highest BCUT2D eigenvalue weighted by molar-refractivity contribution is 6.32. The molecule has 0 unspecified atom stereocenters. The van der Waals surface area contributed by atoms with Gasteiger partial charge in [-0.2, -0.15) is 13.2 Å². The average Bonchev–Trinajstić information content (AvgIpc) is 2.73. The maximum atomic E-state index is 12.8. The molecule has 0 atom stereocenters. The van der Waals surface area contributed by atoms with Crippen LogP contribution in [0.1, 0.15) is 11.1 Å². The molecule has 3 aromatic carbocycles. The van der Waals surface area contributed by atoms with E-state index in [1.807, 2.05) is 0 Å². The monoisotopic (exact) mass is 465 g/mol. The highest BCUT2D eigenvalue weighted by atomic mass is 35.5. The second-order valence-electron chi connectivity index (χ2n) is 6.52. The molecule has 2 N–H and O–H groups in total. The highest BCUT2D eigenvalue weighted by Gasteiger charge is 2.31. The van der Waals surface area contributed by atoms with Crippen LogP contribution in [-0.4, -0.2) is 10.8 Å². The molecule has 0 radical (unpaired) electrons. The zero-order valence-electron chi connectivity index (χ0n) is 16.2. The molecule has 11 heteroatoms. The van der Waals surface area contributed by atoms with Gasteiger partial charge < -0.3 is 4.74 Å². The van der Waals surface area contributed by atoms with Crippen LogP contribution < -0.4 is 15.6 Å². The van der Waals surface area contributed by atoms with Gasteiger partial charge in [0.1, 0.15) is 17.2 Å². The molecule has 0 aliphatic carbocycles. The minimum atomic E-state index is -4.56. The summed E-state index contributed by atoms with van der Waals surface area (Å²) in [6.45, 7) is 0. The van der Waals surface area contributed by atoms with E-state index in [1.165, 1.54) is 12.1 Å². The van der Waals surface area contributed by atoms with Crippen LogP contribution in [0.25, 0.3) is 0 Å². The number of amides is 1. The molecule has 0 saturated heterocycles. The molecule has 0 aliphatic heterocycles. The largest absolute Gasteiger partial charge is 0.456 e. The van der Waals surface area contributed by atoms with E-state index in [1.54, 1.807) is 30.3 Å². The van der Waals surface area contributed by atoms with Crippen molar-refractivity contribution in [2.75, 3.05) is 5.43 Å². The summed E-state index contributed by atoms with van der Waals surface area (Å²) in [6, 6.07) is 15.0. The fourth-order valence-corrected chi connectivity index (χ4v) is 2.91. The predicted molar refractivity (Wildman–Crippen MR) is 112 cm³/mol. The number of nitro benzene ring substituents is 1. The summed E-state index contributed by atoms with van der Waals surface area (Å²) < 4.78 is 43.8. The van der Waals surface area contributed by atoms with Crippen LogP contribution in [0.4, 0.5) is 24.5 Å². The number of rotatable bonds is 7. The van der Waals surface area contributed by atoms with E-state index in [0.29, 0.717) is 6.07 Å². The number of hydrogen-bond donors (Lipinski definition) is 2. The number of benzene rings is 3. The van der Waals surface area contributed by atoms with Crippen molar-refractivity contribution in [3.05, 3.63) is 93.0 Å². The summed E-state index contributed by atoms with van der Waals surface area (Å²) in [7, 11) is 0. The van der Waals surface area contributed by atoms with Gasteiger partial charge in [-0.05, 0) is 29.8 Å². The van der Waals surface area contributed by atoms with Crippen molar-refractivity contribution in [3.8, 4) is 11.5 Å². The number of hydrogen-bond acceptors (Lipinski definition) is 5. The predicted octanol–water partition coefficient (Wildman–Crippen LogP) is 5.75. The van der Waals surface area contributed by atoms with Gasteiger partial charge in [-0.25, -0.2) is 0 Å². The Labute approximate surface area is 184 Å². The summed E-state index contributed by atoms with van der Waals surface area (Å²) in [5.74, 6) is -0.466. The van der Waals surface area contributed by atoms with Crippen LogP contribution in [0, 0.1) is 10.1 Å². The Morgan fingerprint density at radius 3 is 2.41 bits per heavy atom. The standard InChI is InChI=1S/C21H15ClF3N3O4/c22-16-11-14(21(23,24)25)6-9-19(16)32-15-7-8-18(28(30)31)17(12-15)26-27-20(29)10-13-4-2-1-3-5-13/h1-9,11-12,26H,10H2,(H,27,29). The Morgan fingerprint density at radius 2 is 1.78 bits per heavy atom. The number of hydrazine groups is 1. The smallest absolute Gasteiger partial charge is 0.416 e. The molecular formula is C21H15ClF3N3O4. The van der Waals surface area contributed by atoms with E-state index in [0.717, 1.165) is 23.8 Å². The Balaban J connectivity index is 1.76. The number of carbonyl (C=O) groups is 1. The van der Waals surface area contributed by atoms with Crippen LogP contribution in [0.15, 0.2) is 66.7 Å². The molecule has 7 nitrogen and oxygen atoms in total. The summed E-state index contributed by atoms with van der Waals surface area (Å²) in [6.07, 6.45) is -4.52. The molecule has 0 bridgehead atoms. The van der Waals surface area contributed by atoms with Crippen molar-refractivity contribution in [3.63, 3.8) is 0 Å². The number of alkyl halides is 3. The molecule has 0 fully saturated rings. The topological polar surface area (TPSA) is 93.5 Å². The molecule has 32 heavy (non-hydrogen) atoms. The number of nitrogens with zero attached hydrogens (tertiary/aromatic N) is 1. The maximum absolute atomic E-state index is 12.8. The minimum Gasteiger partial charge on any atom is -0.456 e. The number of halogens is 4. The van der Waals surface area contributed by atoms with Gasteiger partial charge in [-0.1, -0.05) is 41.9 Å². The first-order chi connectivity index (χ1) is 15.1. The lowest BCUT2D eigenvalue weighted by Gasteiger charge is -2.13. The lowest BCUT2D eigenvalue weighted by Crippen LogP contribution is -2.31. The molecular weight excluding hydrogens is 451 g/mol. The van der Waals surface area contributed by atoms with Gasteiger partial charge in [0, 0.05) is 12.1 Å². The van der Waals surface area contributed by atoms with Crippen molar-refractivity contribution in [2.45, 2.75) is 12.6 Å². The lowest BCUT2D eigenvalue weighted by atomic mass is 10.1. The van der Waals surface area contributed by atoms with Gasteiger partial charge in [0.05, 0.1) is 21.9 Å². The van der Waals surface area contributed by atoms with E-state index in [2.05, 4.69) is 10.9 Å². The Bertz CT molecular complexity index is 1140. The fraction of sp³-hybridized carbons (Fsp3) is 0.0952. The van der Waals surface area contributed by atoms with Crippen LogP contribution in [0.5, 0.6) is 11.5 Å². The lowest BCUT2D eigenvalue weighted by molar-refractivity contribution is -0.384. The van der Waals surface area contributed by atoms with Crippen molar-refractivity contribution in [1.29, 1.82) is 0 Å². The van der Waals surface area contributed by atoms with E-state index < -0.39 is 22.6 Å². The summed E-state index contributed by atoms with van der Waals surface area (Å²) >= 11 is 5.88. The molecule has 3 aromatic rings. The molecule has 0 aromatic heterocycles. The van der Waals surface area contributed by atoms with Gasteiger partial charge in [0.15, 0.2) is 0 Å². The number of carbonyl (C=O) groups excluding carboxylic acids is 1. The zero-order chi connectivity index (χ0) is 23.3.